The lowest BCUT2D eigenvalue weighted by Crippen LogP contribution is -2.45. The monoisotopic (exact) mass is 396 g/mol. The normalized spacial score (nSPS) is 15.9. The highest BCUT2D eigenvalue weighted by Crippen LogP contribution is 2.26. The first kappa shape index (κ1) is 19.0. The number of nitrogens with zero attached hydrogens (tertiary/aromatic N) is 3. The van der Waals surface area contributed by atoms with E-state index < -0.39 is 0 Å². The number of hydrogen-bond acceptors (Lipinski definition) is 4. The Bertz CT molecular complexity index is 914. The molecule has 1 saturated heterocycles. The summed E-state index contributed by atoms with van der Waals surface area (Å²) < 4.78 is 1.97. The van der Waals surface area contributed by atoms with Crippen LogP contribution in [0.2, 0.25) is 0 Å². The summed E-state index contributed by atoms with van der Waals surface area (Å²) in [5.41, 5.74) is 3.65. The summed E-state index contributed by atoms with van der Waals surface area (Å²) in [7, 11) is 0. The Labute approximate surface area is 170 Å². The van der Waals surface area contributed by atoms with Crippen molar-refractivity contribution in [3.63, 3.8) is 0 Å². The molecule has 0 unspecified atom stereocenters. The molecule has 0 bridgehead atoms. The number of hydrogen-bond donors (Lipinski definition) is 1. The Morgan fingerprint density at radius 2 is 1.93 bits per heavy atom. The number of nitrogens with one attached hydrogen (secondary N) is 1. The summed E-state index contributed by atoms with van der Waals surface area (Å²) in [6, 6.07) is 9.17. The van der Waals surface area contributed by atoms with Crippen molar-refractivity contribution in [1.82, 2.24) is 14.7 Å². The largest absolute Gasteiger partial charge is 0.371 e. The molecule has 1 aliphatic heterocycles. The number of rotatable bonds is 4. The number of imidazole rings is 1. The molecule has 0 radical (unpaired) electrons. The fraction of sp³-hybridized carbons (Fsp3) is 0.455. The third-order valence-electron chi connectivity index (χ3n) is 5.44. The number of aromatic nitrogens is 2. The van der Waals surface area contributed by atoms with Gasteiger partial charge in [-0.3, -0.25) is 9.20 Å². The maximum atomic E-state index is 12.4. The molecule has 1 aromatic carbocycles. The molecule has 6 heteroatoms. The molecule has 28 heavy (non-hydrogen) atoms. The van der Waals surface area contributed by atoms with Crippen LogP contribution in [0.25, 0.3) is 4.96 Å². The molecule has 3 heterocycles. The molecule has 1 amide bonds. The maximum absolute atomic E-state index is 12.4. The average Bonchev–Trinajstić information content (AvgIpc) is 3.23. The van der Waals surface area contributed by atoms with Crippen LogP contribution in [-0.2, 0) is 16.6 Å². The lowest BCUT2D eigenvalue weighted by Gasteiger charge is -2.34. The molecule has 4 rings (SSSR count). The quantitative estimate of drug-likeness (QED) is 0.725. The molecule has 0 saturated carbocycles. The number of benzene rings is 1. The van der Waals surface area contributed by atoms with Crippen LogP contribution < -0.4 is 10.2 Å². The second-order valence-electron chi connectivity index (χ2n) is 8.63. The van der Waals surface area contributed by atoms with Gasteiger partial charge in [0, 0.05) is 42.6 Å². The van der Waals surface area contributed by atoms with E-state index in [0.29, 0.717) is 6.42 Å². The minimum absolute atomic E-state index is 0.0683. The summed E-state index contributed by atoms with van der Waals surface area (Å²) in [5.74, 6) is 0.0683. The molecule has 1 N–H and O–H groups in total. The van der Waals surface area contributed by atoms with E-state index >= 15 is 0 Å². The van der Waals surface area contributed by atoms with E-state index in [0.717, 1.165) is 36.6 Å². The SMILES string of the molecule is CC(C)(C)c1ccc(N2CCC(NC(=O)Cc3cn4ccsc4n3)CC2)cc1. The van der Waals surface area contributed by atoms with Gasteiger partial charge in [0.15, 0.2) is 4.96 Å². The van der Waals surface area contributed by atoms with Gasteiger partial charge in [0.1, 0.15) is 0 Å². The Morgan fingerprint density at radius 3 is 2.57 bits per heavy atom. The second-order valence-corrected chi connectivity index (χ2v) is 9.50. The molecular formula is C22H28N4OS. The van der Waals surface area contributed by atoms with Crippen molar-refractivity contribution in [2.45, 2.75) is 51.5 Å². The molecular weight excluding hydrogens is 368 g/mol. The first-order valence-corrected chi connectivity index (χ1v) is 10.8. The van der Waals surface area contributed by atoms with Crippen molar-refractivity contribution in [2.24, 2.45) is 0 Å². The number of carbonyl (C=O) groups is 1. The number of piperidine rings is 1. The van der Waals surface area contributed by atoms with Crippen LogP contribution in [0.3, 0.4) is 0 Å². The van der Waals surface area contributed by atoms with Gasteiger partial charge in [-0.05, 0) is 36.0 Å². The molecule has 0 atom stereocenters. The standard InChI is InChI=1S/C22H28N4OS/c1-22(2,3)16-4-6-19(7-5-16)25-10-8-17(9-11-25)23-20(27)14-18-15-26-12-13-28-21(26)24-18/h4-7,12-13,15,17H,8-11,14H2,1-3H3,(H,23,27). The first-order chi connectivity index (χ1) is 13.4. The zero-order valence-electron chi connectivity index (χ0n) is 16.8. The van der Waals surface area contributed by atoms with Crippen molar-refractivity contribution in [2.75, 3.05) is 18.0 Å². The fourth-order valence-corrected chi connectivity index (χ4v) is 4.48. The Hall–Kier alpha value is -2.34. The smallest absolute Gasteiger partial charge is 0.226 e. The molecule has 1 aliphatic rings. The predicted molar refractivity (Wildman–Crippen MR) is 115 cm³/mol. The van der Waals surface area contributed by atoms with Crippen LogP contribution in [0.1, 0.15) is 44.9 Å². The molecule has 3 aromatic rings. The van der Waals surface area contributed by atoms with E-state index in [1.54, 1.807) is 11.3 Å². The third-order valence-corrected chi connectivity index (χ3v) is 6.21. The van der Waals surface area contributed by atoms with E-state index in [4.69, 9.17) is 0 Å². The van der Waals surface area contributed by atoms with E-state index in [2.05, 4.69) is 60.2 Å². The minimum atomic E-state index is 0.0683. The van der Waals surface area contributed by atoms with Crippen molar-refractivity contribution >= 4 is 27.9 Å². The highest BCUT2D eigenvalue weighted by molar-refractivity contribution is 7.15. The van der Waals surface area contributed by atoms with Gasteiger partial charge in [-0.2, -0.15) is 0 Å². The zero-order valence-corrected chi connectivity index (χ0v) is 17.6. The number of carbonyl (C=O) groups excluding carboxylic acids is 1. The van der Waals surface area contributed by atoms with E-state index in [9.17, 15) is 4.79 Å². The Balaban J connectivity index is 1.27. The van der Waals surface area contributed by atoms with Crippen LogP contribution in [0.15, 0.2) is 42.0 Å². The van der Waals surface area contributed by atoms with Gasteiger partial charge in [-0.1, -0.05) is 32.9 Å². The summed E-state index contributed by atoms with van der Waals surface area (Å²) >= 11 is 1.59. The van der Waals surface area contributed by atoms with Crippen LogP contribution in [0.5, 0.6) is 0 Å². The van der Waals surface area contributed by atoms with Gasteiger partial charge in [-0.15, -0.1) is 11.3 Å². The Kier molecular flexibility index (Phi) is 5.15. The van der Waals surface area contributed by atoms with E-state index in [-0.39, 0.29) is 17.4 Å². The first-order valence-electron chi connectivity index (χ1n) is 9.94. The van der Waals surface area contributed by atoms with Gasteiger partial charge >= 0.3 is 0 Å². The number of anilines is 1. The van der Waals surface area contributed by atoms with Crippen LogP contribution in [0, 0.1) is 0 Å². The minimum Gasteiger partial charge on any atom is -0.371 e. The van der Waals surface area contributed by atoms with Gasteiger partial charge in [0.2, 0.25) is 5.91 Å². The molecule has 2 aromatic heterocycles. The topological polar surface area (TPSA) is 49.6 Å². The fourth-order valence-electron chi connectivity index (χ4n) is 3.76. The lowest BCUT2D eigenvalue weighted by atomic mass is 9.87. The Morgan fingerprint density at radius 1 is 1.21 bits per heavy atom. The molecule has 148 valence electrons. The van der Waals surface area contributed by atoms with Crippen LogP contribution in [-0.4, -0.2) is 34.4 Å². The second kappa shape index (κ2) is 7.59. The summed E-state index contributed by atoms with van der Waals surface area (Å²) in [6.45, 7) is 8.66. The van der Waals surface area contributed by atoms with Gasteiger partial charge in [0.25, 0.3) is 0 Å². The highest BCUT2D eigenvalue weighted by Gasteiger charge is 2.22. The summed E-state index contributed by atoms with van der Waals surface area (Å²) in [4.78, 5) is 20.2. The number of thiazole rings is 1. The highest BCUT2D eigenvalue weighted by atomic mass is 32.1. The maximum Gasteiger partial charge on any atom is 0.226 e. The van der Waals surface area contributed by atoms with Crippen LogP contribution >= 0.6 is 11.3 Å². The molecule has 5 nitrogen and oxygen atoms in total. The number of amides is 1. The molecule has 0 spiro atoms. The molecule has 1 fully saturated rings. The van der Waals surface area contributed by atoms with Crippen molar-refractivity contribution in [1.29, 1.82) is 0 Å². The van der Waals surface area contributed by atoms with Gasteiger partial charge < -0.3 is 10.2 Å². The van der Waals surface area contributed by atoms with Crippen molar-refractivity contribution < 1.29 is 4.79 Å². The average molecular weight is 397 g/mol. The molecule has 0 aliphatic carbocycles. The van der Waals surface area contributed by atoms with E-state index in [1.165, 1.54) is 11.3 Å². The predicted octanol–water partition coefficient (Wildman–Crippen LogP) is 4.02. The van der Waals surface area contributed by atoms with Crippen molar-refractivity contribution in [3.05, 3.63) is 53.3 Å². The zero-order chi connectivity index (χ0) is 19.7. The van der Waals surface area contributed by atoms with E-state index in [1.807, 2.05) is 22.2 Å². The van der Waals surface area contributed by atoms with Gasteiger partial charge in [-0.25, -0.2) is 4.98 Å². The third kappa shape index (κ3) is 4.22. The van der Waals surface area contributed by atoms with Crippen molar-refractivity contribution in [3.8, 4) is 0 Å². The van der Waals surface area contributed by atoms with Gasteiger partial charge in [0.05, 0.1) is 12.1 Å². The summed E-state index contributed by atoms with van der Waals surface area (Å²) in [6.07, 6.45) is 6.21. The lowest BCUT2D eigenvalue weighted by molar-refractivity contribution is -0.121. The van der Waals surface area contributed by atoms with Crippen LogP contribution in [0.4, 0.5) is 5.69 Å². The summed E-state index contributed by atoms with van der Waals surface area (Å²) in [5, 5.41) is 5.19. The number of fused-ring (bicyclic) bond motifs is 1.